The molecule has 6 heteroatoms. The molecule has 0 radical (unpaired) electrons. The van der Waals surface area contributed by atoms with Crippen LogP contribution >= 0.6 is 24.8 Å². The van der Waals surface area contributed by atoms with Gasteiger partial charge < -0.3 is 5.73 Å². The quantitative estimate of drug-likeness (QED) is 0.926. The molecule has 2 aromatic rings. The Hall–Kier alpha value is -1.67. The highest BCUT2D eigenvalue weighted by atomic mass is 35.5. The lowest BCUT2D eigenvalue weighted by atomic mass is 9.86. The van der Waals surface area contributed by atoms with Crippen molar-refractivity contribution in [3.8, 4) is 6.07 Å². The molecule has 2 rings (SSSR count). The average molecular weight is 314 g/mol. The molecular formula is C14H14Cl2FN3. The second kappa shape index (κ2) is 7.20. The molecule has 0 bridgehead atoms. The van der Waals surface area contributed by atoms with E-state index < -0.39 is 11.4 Å². The van der Waals surface area contributed by atoms with Crippen LogP contribution < -0.4 is 5.73 Å². The van der Waals surface area contributed by atoms with Crippen molar-refractivity contribution in [1.29, 1.82) is 5.26 Å². The second-order valence-electron chi connectivity index (χ2n) is 4.25. The Morgan fingerprint density at radius 2 is 1.95 bits per heavy atom. The van der Waals surface area contributed by atoms with Crippen molar-refractivity contribution < 1.29 is 4.39 Å². The van der Waals surface area contributed by atoms with Gasteiger partial charge in [-0.1, -0.05) is 12.1 Å². The molecule has 0 amide bonds. The van der Waals surface area contributed by atoms with Crippen molar-refractivity contribution in [1.82, 2.24) is 4.98 Å². The van der Waals surface area contributed by atoms with Crippen LogP contribution in [0.5, 0.6) is 0 Å². The predicted molar refractivity (Wildman–Crippen MR) is 80.5 cm³/mol. The second-order valence-corrected chi connectivity index (χ2v) is 4.25. The molecule has 20 heavy (non-hydrogen) atoms. The van der Waals surface area contributed by atoms with E-state index in [4.69, 9.17) is 11.0 Å². The third-order valence-corrected chi connectivity index (χ3v) is 2.95. The minimum atomic E-state index is -0.844. The summed E-state index contributed by atoms with van der Waals surface area (Å²) in [6.45, 7) is 1.78. The van der Waals surface area contributed by atoms with Crippen molar-refractivity contribution in [2.75, 3.05) is 0 Å². The van der Waals surface area contributed by atoms with Gasteiger partial charge >= 0.3 is 0 Å². The zero-order valence-corrected chi connectivity index (χ0v) is 12.3. The van der Waals surface area contributed by atoms with E-state index in [1.54, 1.807) is 37.5 Å². The van der Waals surface area contributed by atoms with Gasteiger partial charge in [0.05, 0.1) is 11.1 Å². The Morgan fingerprint density at radius 1 is 1.25 bits per heavy atom. The highest BCUT2D eigenvalue weighted by Crippen LogP contribution is 2.26. The van der Waals surface area contributed by atoms with E-state index in [9.17, 15) is 4.39 Å². The molecule has 0 saturated heterocycles. The van der Waals surface area contributed by atoms with Gasteiger partial charge in [-0.2, -0.15) is 5.26 Å². The number of nitriles is 1. The zero-order valence-electron chi connectivity index (χ0n) is 10.7. The summed E-state index contributed by atoms with van der Waals surface area (Å²) in [6, 6.07) is 9.80. The molecule has 1 aromatic carbocycles. The molecule has 106 valence electrons. The molecule has 1 atom stereocenters. The maximum Gasteiger partial charge on any atom is 0.141 e. The maximum atomic E-state index is 13.6. The fraction of sp³-hybridized carbons (Fsp3) is 0.143. The van der Waals surface area contributed by atoms with Gasteiger partial charge in [0.2, 0.25) is 0 Å². The number of benzene rings is 1. The standard InChI is InChI=1S/C14H12FN3.2ClH/c1-14(17,12-3-2-6-18-9-12)11-5-4-10(8-16)13(15)7-11;;/h2-7,9H,17H2,1H3;2*1H. The highest BCUT2D eigenvalue weighted by Gasteiger charge is 2.24. The molecule has 0 spiro atoms. The summed E-state index contributed by atoms with van der Waals surface area (Å²) in [4.78, 5) is 4.01. The SMILES string of the molecule is CC(N)(c1cccnc1)c1ccc(C#N)c(F)c1.Cl.Cl. The predicted octanol–water partition coefficient (Wildman–Crippen LogP) is 3.16. The van der Waals surface area contributed by atoms with E-state index >= 15 is 0 Å². The molecule has 0 saturated carbocycles. The normalized spacial score (nSPS) is 12.3. The summed E-state index contributed by atoms with van der Waals surface area (Å²) in [7, 11) is 0. The van der Waals surface area contributed by atoms with Crippen LogP contribution in [0, 0.1) is 17.1 Å². The van der Waals surface area contributed by atoms with Crippen molar-refractivity contribution >= 4 is 24.8 Å². The zero-order chi connectivity index (χ0) is 13.2. The van der Waals surface area contributed by atoms with Gasteiger partial charge in [-0.3, -0.25) is 4.98 Å². The number of aromatic nitrogens is 1. The lowest BCUT2D eigenvalue weighted by Crippen LogP contribution is -2.34. The molecular weight excluding hydrogens is 300 g/mol. The molecule has 1 aromatic heterocycles. The molecule has 2 N–H and O–H groups in total. The fourth-order valence-electron chi connectivity index (χ4n) is 1.77. The van der Waals surface area contributed by atoms with Crippen LogP contribution in [0.4, 0.5) is 4.39 Å². The van der Waals surface area contributed by atoms with Crippen molar-refractivity contribution in [3.63, 3.8) is 0 Å². The molecule has 0 fully saturated rings. The summed E-state index contributed by atoms with van der Waals surface area (Å²) in [5.74, 6) is -0.560. The van der Waals surface area contributed by atoms with Crippen LogP contribution in [0.1, 0.15) is 23.6 Å². The van der Waals surface area contributed by atoms with Crippen LogP contribution in [-0.2, 0) is 5.54 Å². The maximum absolute atomic E-state index is 13.6. The Labute approximate surface area is 129 Å². The van der Waals surface area contributed by atoms with Gasteiger partial charge in [0.1, 0.15) is 11.9 Å². The van der Waals surface area contributed by atoms with Gasteiger partial charge in [0.15, 0.2) is 0 Å². The van der Waals surface area contributed by atoms with E-state index in [2.05, 4.69) is 4.98 Å². The number of rotatable bonds is 2. The minimum Gasteiger partial charge on any atom is -0.318 e. The molecule has 0 aliphatic carbocycles. The van der Waals surface area contributed by atoms with Crippen LogP contribution in [0.2, 0.25) is 0 Å². The number of nitrogens with zero attached hydrogens (tertiary/aromatic N) is 2. The summed E-state index contributed by atoms with van der Waals surface area (Å²) >= 11 is 0. The summed E-state index contributed by atoms with van der Waals surface area (Å²) in [5.41, 5.74) is 6.79. The molecule has 0 aliphatic heterocycles. The van der Waals surface area contributed by atoms with Crippen LogP contribution in [-0.4, -0.2) is 4.98 Å². The number of hydrogen-bond acceptors (Lipinski definition) is 3. The summed E-state index contributed by atoms with van der Waals surface area (Å²) in [6.07, 6.45) is 3.30. The molecule has 3 nitrogen and oxygen atoms in total. The third kappa shape index (κ3) is 3.45. The third-order valence-electron chi connectivity index (χ3n) is 2.95. The van der Waals surface area contributed by atoms with Crippen molar-refractivity contribution in [3.05, 3.63) is 65.2 Å². The highest BCUT2D eigenvalue weighted by molar-refractivity contribution is 5.85. The van der Waals surface area contributed by atoms with E-state index in [0.717, 1.165) is 5.56 Å². The Bertz CT molecular complexity index is 610. The van der Waals surface area contributed by atoms with Gasteiger partial charge in [-0.15, -0.1) is 24.8 Å². The van der Waals surface area contributed by atoms with Gasteiger partial charge in [0.25, 0.3) is 0 Å². The van der Waals surface area contributed by atoms with Crippen molar-refractivity contribution in [2.24, 2.45) is 5.73 Å². The number of nitrogens with two attached hydrogens (primary N) is 1. The first-order valence-corrected chi connectivity index (χ1v) is 5.45. The Balaban J connectivity index is 0.00000180. The van der Waals surface area contributed by atoms with Gasteiger partial charge in [0, 0.05) is 12.4 Å². The molecule has 1 unspecified atom stereocenters. The van der Waals surface area contributed by atoms with Gasteiger partial charge in [-0.25, -0.2) is 4.39 Å². The lowest BCUT2D eigenvalue weighted by Gasteiger charge is -2.25. The van der Waals surface area contributed by atoms with E-state index in [-0.39, 0.29) is 30.4 Å². The fourth-order valence-corrected chi connectivity index (χ4v) is 1.77. The van der Waals surface area contributed by atoms with Crippen LogP contribution in [0.3, 0.4) is 0 Å². The minimum absolute atomic E-state index is 0. The Kier molecular flexibility index (Phi) is 6.60. The smallest absolute Gasteiger partial charge is 0.141 e. The van der Waals surface area contributed by atoms with Crippen LogP contribution in [0.15, 0.2) is 42.7 Å². The Morgan fingerprint density at radius 3 is 2.45 bits per heavy atom. The summed E-state index contributed by atoms with van der Waals surface area (Å²) < 4.78 is 13.6. The average Bonchev–Trinajstić information content (AvgIpc) is 2.39. The van der Waals surface area contributed by atoms with E-state index in [0.29, 0.717) is 5.56 Å². The van der Waals surface area contributed by atoms with E-state index in [1.807, 2.05) is 6.07 Å². The number of pyridine rings is 1. The summed E-state index contributed by atoms with van der Waals surface area (Å²) in [5, 5.41) is 8.70. The van der Waals surface area contributed by atoms with Crippen LogP contribution in [0.25, 0.3) is 0 Å². The lowest BCUT2D eigenvalue weighted by molar-refractivity contribution is 0.578. The monoisotopic (exact) mass is 313 g/mol. The molecule has 0 aliphatic rings. The first kappa shape index (κ1) is 18.3. The van der Waals surface area contributed by atoms with Gasteiger partial charge in [-0.05, 0) is 36.2 Å². The number of hydrogen-bond donors (Lipinski definition) is 1. The van der Waals surface area contributed by atoms with Crippen molar-refractivity contribution in [2.45, 2.75) is 12.5 Å². The largest absolute Gasteiger partial charge is 0.318 e. The molecule has 1 heterocycles. The first-order valence-electron chi connectivity index (χ1n) is 5.45. The first-order chi connectivity index (χ1) is 8.55. The topological polar surface area (TPSA) is 62.7 Å². The number of halogens is 3. The van der Waals surface area contributed by atoms with E-state index in [1.165, 1.54) is 12.1 Å².